The summed E-state index contributed by atoms with van der Waals surface area (Å²) in [6.07, 6.45) is 0.373. The molecule has 1 atom stereocenters. The summed E-state index contributed by atoms with van der Waals surface area (Å²) in [6.45, 7) is 6.82. The largest absolute Gasteiger partial charge is 0.350 e. The topological polar surface area (TPSA) is 88.3 Å². The smallest absolute Gasteiger partial charge is 0.232 e. The third-order valence-corrected chi connectivity index (χ3v) is 4.76. The minimum absolute atomic E-state index is 0.0523. The van der Waals surface area contributed by atoms with Crippen LogP contribution in [0.25, 0.3) is 0 Å². The van der Waals surface area contributed by atoms with Crippen molar-refractivity contribution in [2.75, 3.05) is 24.5 Å². The predicted octanol–water partition coefficient (Wildman–Crippen LogP) is 1.13. The van der Waals surface area contributed by atoms with Crippen molar-refractivity contribution >= 4 is 11.7 Å². The molecular weight excluding hydrogens is 327 g/mol. The molecule has 2 aromatic rings. The lowest BCUT2D eigenvalue weighted by Crippen LogP contribution is -2.60. The van der Waals surface area contributed by atoms with E-state index in [0.717, 1.165) is 0 Å². The maximum absolute atomic E-state index is 14.2. The molecule has 2 aliphatic rings. The minimum Gasteiger partial charge on any atom is -0.350 e. The third kappa shape index (κ3) is 2.73. The fraction of sp³-hybridized carbons (Fsp3) is 0.562. The lowest BCUT2D eigenvalue weighted by atomic mass is 10.1. The van der Waals surface area contributed by atoms with Crippen molar-refractivity contribution in [1.82, 2.24) is 25.0 Å². The van der Waals surface area contributed by atoms with Crippen LogP contribution in [-0.2, 0) is 4.79 Å². The van der Waals surface area contributed by atoms with E-state index in [1.54, 1.807) is 20.8 Å². The average molecular weight is 346 g/mol. The number of carbonyl (C=O) groups excluding carboxylic acids is 1. The lowest BCUT2D eigenvalue weighted by Gasteiger charge is -2.44. The van der Waals surface area contributed by atoms with E-state index in [-0.39, 0.29) is 17.9 Å². The zero-order valence-corrected chi connectivity index (χ0v) is 14.4. The van der Waals surface area contributed by atoms with Gasteiger partial charge in [0.1, 0.15) is 5.82 Å². The Labute approximate surface area is 144 Å². The molecule has 132 valence electrons. The van der Waals surface area contributed by atoms with Crippen LogP contribution in [0.3, 0.4) is 0 Å². The monoisotopic (exact) mass is 346 g/mol. The first-order chi connectivity index (χ1) is 11.9. The number of likely N-dealkylation sites (tertiary alicyclic amines) is 1. The summed E-state index contributed by atoms with van der Waals surface area (Å²) in [7, 11) is 0. The number of aromatic nitrogens is 4. The molecule has 2 aliphatic heterocycles. The Morgan fingerprint density at radius 2 is 1.84 bits per heavy atom. The highest BCUT2D eigenvalue weighted by Gasteiger charge is 2.43. The maximum Gasteiger partial charge on any atom is 0.232 e. The molecule has 0 N–H and O–H groups in total. The number of nitrogens with zero attached hydrogens (tertiary/aromatic N) is 6. The van der Waals surface area contributed by atoms with Gasteiger partial charge in [-0.05, 0) is 20.8 Å². The van der Waals surface area contributed by atoms with Crippen LogP contribution >= 0.6 is 0 Å². The van der Waals surface area contributed by atoms with Gasteiger partial charge < -0.3 is 14.3 Å². The van der Waals surface area contributed by atoms with Gasteiger partial charge in [0, 0.05) is 26.1 Å². The number of hydrogen-bond acceptors (Lipinski definition) is 7. The molecule has 0 saturated carbocycles. The maximum atomic E-state index is 14.2. The molecule has 0 aromatic carbocycles. The molecule has 2 fully saturated rings. The van der Waals surface area contributed by atoms with Gasteiger partial charge >= 0.3 is 0 Å². The second kappa shape index (κ2) is 5.75. The SMILES string of the molecule is Cc1noc(C2CC(=O)N(C3CN(c4nc(C)nc(C)c4F)C3)C2)n1. The highest BCUT2D eigenvalue weighted by atomic mass is 19.1. The summed E-state index contributed by atoms with van der Waals surface area (Å²) in [5, 5.41) is 3.79. The van der Waals surface area contributed by atoms with Crippen molar-refractivity contribution in [2.45, 2.75) is 39.2 Å². The molecule has 0 spiro atoms. The quantitative estimate of drug-likeness (QED) is 0.823. The van der Waals surface area contributed by atoms with Crippen LogP contribution in [0.4, 0.5) is 10.2 Å². The fourth-order valence-electron chi connectivity index (χ4n) is 3.44. The molecule has 8 nitrogen and oxygen atoms in total. The first kappa shape index (κ1) is 15.9. The second-order valence-corrected chi connectivity index (χ2v) is 6.68. The number of aryl methyl sites for hydroxylation is 3. The van der Waals surface area contributed by atoms with E-state index < -0.39 is 5.82 Å². The van der Waals surface area contributed by atoms with Gasteiger partial charge in [0.05, 0.1) is 17.7 Å². The van der Waals surface area contributed by atoms with Crippen LogP contribution in [-0.4, -0.2) is 56.6 Å². The molecule has 0 bridgehead atoms. The number of carbonyl (C=O) groups is 1. The molecule has 25 heavy (non-hydrogen) atoms. The Kier molecular flexibility index (Phi) is 3.66. The van der Waals surface area contributed by atoms with E-state index >= 15 is 0 Å². The first-order valence-corrected chi connectivity index (χ1v) is 8.27. The van der Waals surface area contributed by atoms with Crippen molar-refractivity contribution in [3.63, 3.8) is 0 Å². The molecule has 4 heterocycles. The lowest BCUT2D eigenvalue weighted by molar-refractivity contribution is -0.130. The molecule has 0 radical (unpaired) electrons. The number of rotatable bonds is 3. The van der Waals surface area contributed by atoms with Crippen LogP contribution in [0.15, 0.2) is 4.52 Å². The highest BCUT2D eigenvalue weighted by Crippen LogP contribution is 2.32. The first-order valence-electron chi connectivity index (χ1n) is 8.27. The van der Waals surface area contributed by atoms with Gasteiger partial charge in [-0.2, -0.15) is 4.98 Å². The molecule has 1 unspecified atom stereocenters. The Balaban J connectivity index is 1.43. The van der Waals surface area contributed by atoms with Crippen LogP contribution < -0.4 is 4.90 Å². The summed E-state index contributed by atoms with van der Waals surface area (Å²) in [6, 6.07) is 0.0523. The Hall–Kier alpha value is -2.58. The van der Waals surface area contributed by atoms with Gasteiger partial charge in [0.2, 0.25) is 11.8 Å². The van der Waals surface area contributed by atoms with Crippen LogP contribution in [0.2, 0.25) is 0 Å². The Morgan fingerprint density at radius 3 is 2.52 bits per heavy atom. The van der Waals surface area contributed by atoms with E-state index in [1.807, 2.05) is 9.80 Å². The van der Waals surface area contributed by atoms with E-state index in [4.69, 9.17) is 4.52 Å². The highest BCUT2D eigenvalue weighted by molar-refractivity contribution is 5.80. The van der Waals surface area contributed by atoms with Gasteiger partial charge in [-0.25, -0.2) is 14.4 Å². The van der Waals surface area contributed by atoms with Gasteiger partial charge in [-0.1, -0.05) is 5.16 Å². The minimum atomic E-state index is -0.393. The number of halogens is 1. The van der Waals surface area contributed by atoms with Gasteiger partial charge in [0.25, 0.3) is 0 Å². The van der Waals surface area contributed by atoms with Crippen molar-refractivity contribution in [2.24, 2.45) is 0 Å². The van der Waals surface area contributed by atoms with Gasteiger partial charge in [-0.15, -0.1) is 0 Å². The summed E-state index contributed by atoms with van der Waals surface area (Å²) >= 11 is 0. The van der Waals surface area contributed by atoms with E-state index in [9.17, 15) is 9.18 Å². The van der Waals surface area contributed by atoms with Crippen molar-refractivity contribution in [1.29, 1.82) is 0 Å². The van der Waals surface area contributed by atoms with E-state index in [1.165, 1.54) is 0 Å². The third-order valence-electron chi connectivity index (χ3n) is 4.76. The van der Waals surface area contributed by atoms with Crippen LogP contribution in [0.1, 0.15) is 35.6 Å². The second-order valence-electron chi connectivity index (χ2n) is 6.68. The van der Waals surface area contributed by atoms with Crippen molar-refractivity contribution in [3.8, 4) is 0 Å². The number of amides is 1. The predicted molar refractivity (Wildman–Crippen MR) is 85.6 cm³/mol. The van der Waals surface area contributed by atoms with E-state index in [0.29, 0.717) is 55.1 Å². The molecule has 1 amide bonds. The average Bonchev–Trinajstić information content (AvgIpc) is 3.09. The van der Waals surface area contributed by atoms with Crippen molar-refractivity contribution < 1.29 is 13.7 Å². The standard InChI is InChI=1S/C16H19FN6O2/c1-8-14(17)15(19-9(2)18-8)22-6-12(7-22)23-5-11(4-13(23)24)16-20-10(3)21-25-16/h11-12H,4-7H2,1-3H3. The normalized spacial score (nSPS) is 21.1. The molecule has 0 aliphatic carbocycles. The summed E-state index contributed by atoms with van der Waals surface area (Å²) in [4.78, 5) is 28.5. The van der Waals surface area contributed by atoms with Crippen LogP contribution in [0, 0.1) is 26.6 Å². The number of anilines is 1. The molecule has 9 heteroatoms. The Morgan fingerprint density at radius 1 is 1.08 bits per heavy atom. The van der Waals surface area contributed by atoms with Crippen molar-refractivity contribution in [3.05, 3.63) is 29.1 Å². The summed E-state index contributed by atoms with van der Waals surface area (Å²) < 4.78 is 19.4. The number of hydrogen-bond donors (Lipinski definition) is 0. The zero-order valence-electron chi connectivity index (χ0n) is 14.4. The summed E-state index contributed by atoms with van der Waals surface area (Å²) in [5.41, 5.74) is 0.343. The van der Waals surface area contributed by atoms with Gasteiger partial charge in [0.15, 0.2) is 17.5 Å². The Bertz CT molecular complexity index is 832. The van der Waals surface area contributed by atoms with E-state index in [2.05, 4.69) is 20.1 Å². The molecule has 2 saturated heterocycles. The molecular formula is C16H19FN6O2. The fourth-order valence-corrected chi connectivity index (χ4v) is 3.44. The zero-order chi connectivity index (χ0) is 17.7. The molecule has 2 aromatic heterocycles. The van der Waals surface area contributed by atoms with Crippen LogP contribution in [0.5, 0.6) is 0 Å². The van der Waals surface area contributed by atoms with Gasteiger partial charge in [-0.3, -0.25) is 4.79 Å². The molecule has 4 rings (SSSR count). The summed E-state index contributed by atoms with van der Waals surface area (Å²) in [5.74, 6) is 1.55.